The number of rotatable bonds is 3. The van der Waals surface area contributed by atoms with Gasteiger partial charge >= 0.3 is 0 Å². The van der Waals surface area contributed by atoms with Crippen LogP contribution in [-0.2, 0) is 0 Å². The van der Waals surface area contributed by atoms with Crippen molar-refractivity contribution in [3.63, 3.8) is 0 Å². The molecule has 3 rings (SSSR count). The topological polar surface area (TPSA) is 65.4 Å². The molecular formula is C14H14N4O. The molecule has 5 heteroatoms. The van der Waals surface area contributed by atoms with Gasteiger partial charge in [0.05, 0.1) is 6.20 Å². The van der Waals surface area contributed by atoms with E-state index < -0.39 is 0 Å². The van der Waals surface area contributed by atoms with E-state index in [2.05, 4.69) is 9.97 Å². The Morgan fingerprint density at radius 3 is 2.84 bits per heavy atom. The molecule has 0 bridgehead atoms. The van der Waals surface area contributed by atoms with Gasteiger partial charge in [0.15, 0.2) is 0 Å². The van der Waals surface area contributed by atoms with E-state index in [-0.39, 0.29) is 6.10 Å². The lowest BCUT2D eigenvalue weighted by Crippen LogP contribution is -2.07. The number of fused-ring (bicyclic) bond motifs is 1. The minimum atomic E-state index is -0.115. The van der Waals surface area contributed by atoms with Crippen molar-refractivity contribution in [2.24, 2.45) is 0 Å². The molecule has 0 spiro atoms. The Labute approximate surface area is 110 Å². The van der Waals surface area contributed by atoms with Crippen molar-refractivity contribution in [2.75, 3.05) is 5.73 Å². The number of hydrogen-bond donors (Lipinski definition) is 1. The molecule has 0 aliphatic rings. The van der Waals surface area contributed by atoms with Crippen LogP contribution in [0.2, 0.25) is 0 Å². The number of nitrogen functional groups attached to an aromatic ring is 1. The van der Waals surface area contributed by atoms with Crippen LogP contribution in [0, 0.1) is 0 Å². The highest BCUT2D eigenvalue weighted by atomic mass is 16.5. The largest absolute Gasteiger partial charge is 0.467 e. The smallest absolute Gasteiger partial charge is 0.260 e. The second kappa shape index (κ2) is 4.61. The Bertz CT molecular complexity index is 693. The predicted molar refractivity (Wildman–Crippen MR) is 72.9 cm³/mol. The van der Waals surface area contributed by atoms with E-state index >= 15 is 0 Å². The summed E-state index contributed by atoms with van der Waals surface area (Å²) in [6, 6.07) is 9.96. The Morgan fingerprint density at radius 2 is 2.05 bits per heavy atom. The number of ether oxygens (including phenoxy) is 1. The summed E-state index contributed by atoms with van der Waals surface area (Å²) in [6.07, 6.45) is 5.10. The molecule has 5 nitrogen and oxygen atoms in total. The third-order valence-corrected chi connectivity index (χ3v) is 2.92. The maximum Gasteiger partial charge on any atom is 0.260 e. The van der Waals surface area contributed by atoms with Crippen LogP contribution in [0.4, 0.5) is 5.82 Å². The van der Waals surface area contributed by atoms with Crippen LogP contribution in [0.3, 0.4) is 0 Å². The van der Waals surface area contributed by atoms with E-state index in [1.54, 1.807) is 16.8 Å². The molecule has 0 aliphatic heterocycles. The van der Waals surface area contributed by atoms with Gasteiger partial charge in [-0.3, -0.25) is 4.40 Å². The predicted octanol–water partition coefficient (Wildman–Crippen LogP) is 2.45. The second-order valence-corrected chi connectivity index (χ2v) is 4.30. The summed E-state index contributed by atoms with van der Waals surface area (Å²) < 4.78 is 7.68. The summed E-state index contributed by atoms with van der Waals surface area (Å²) in [5.41, 5.74) is 7.50. The molecule has 0 amide bonds. The van der Waals surface area contributed by atoms with Crippen molar-refractivity contribution in [1.82, 2.24) is 14.4 Å². The number of anilines is 1. The maximum atomic E-state index is 5.88. The van der Waals surface area contributed by atoms with Crippen LogP contribution < -0.4 is 10.5 Å². The first-order valence-corrected chi connectivity index (χ1v) is 6.05. The van der Waals surface area contributed by atoms with Gasteiger partial charge in [-0.05, 0) is 12.5 Å². The Balaban J connectivity index is 1.95. The highest BCUT2D eigenvalue weighted by Crippen LogP contribution is 2.24. The molecule has 1 unspecified atom stereocenters. The summed E-state index contributed by atoms with van der Waals surface area (Å²) in [4.78, 5) is 8.44. The van der Waals surface area contributed by atoms with E-state index in [4.69, 9.17) is 10.5 Å². The third-order valence-electron chi connectivity index (χ3n) is 2.92. The van der Waals surface area contributed by atoms with Crippen molar-refractivity contribution >= 4 is 11.5 Å². The molecule has 2 N–H and O–H groups in total. The van der Waals surface area contributed by atoms with Crippen LogP contribution in [0.1, 0.15) is 18.6 Å². The molecule has 2 aromatic heterocycles. The number of nitrogens with zero attached hydrogens (tertiary/aromatic N) is 3. The molecular weight excluding hydrogens is 240 g/mol. The van der Waals surface area contributed by atoms with E-state index in [0.717, 1.165) is 5.56 Å². The van der Waals surface area contributed by atoms with Gasteiger partial charge in [-0.15, -0.1) is 0 Å². The van der Waals surface area contributed by atoms with E-state index in [0.29, 0.717) is 17.3 Å². The fourth-order valence-electron chi connectivity index (χ4n) is 1.96. The lowest BCUT2D eigenvalue weighted by atomic mass is 10.1. The van der Waals surface area contributed by atoms with Crippen molar-refractivity contribution < 1.29 is 4.74 Å². The Kier molecular flexibility index (Phi) is 2.79. The van der Waals surface area contributed by atoms with Crippen LogP contribution in [-0.4, -0.2) is 14.4 Å². The SMILES string of the molecule is CC(Oc1nc(N)cn2ccnc12)c1ccccc1. The third kappa shape index (κ3) is 2.22. The molecule has 0 saturated carbocycles. The normalized spacial score (nSPS) is 12.5. The van der Waals surface area contributed by atoms with Gasteiger partial charge in [-0.1, -0.05) is 30.3 Å². The molecule has 0 fully saturated rings. The van der Waals surface area contributed by atoms with Gasteiger partial charge in [-0.2, -0.15) is 4.98 Å². The number of imidazole rings is 1. The summed E-state index contributed by atoms with van der Waals surface area (Å²) in [6.45, 7) is 1.97. The zero-order chi connectivity index (χ0) is 13.2. The number of benzene rings is 1. The number of nitrogens with two attached hydrogens (primary N) is 1. The molecule has 1 atom stereocenters. The van der Waals surface area contributed by atoms with Crippen LogP contribution >= 0.6 is 0 Å². The first-order chi connectivity index (χ1) is 9.24. The summed E-state index contributed by atoms with van der Waals surface area (Å²) >= 11 is 0. The molecule has 0 radical (unpaired) electrons. The average molecular weight is 254 g/mol. The molecule has 19 heavy (non-hydrogen) atoms. The summed E-state index contributed by atoms with van der Waals surface area (Å²) in [5, 5.41) is 0. The van der Waals surface area contributed by atoms with Crippen molar-refractivity contribution in [2.45, 2.75) is 13.0 Å². The maximum absolute atomic E-state index is 5.88. The second-order valence-electron chi connectivity index (χ2n) is 4.30. The van der Waals surface area contributed by atoms with Crippen molar-refractivity contribution in [1.29, 1.82) is 0 Å². The van der Waals surface area contributed by atoms with Gasteiger partial charge < -0.3 is 10.5 Å². The van der Waals surface area contributed by atoms with Crippen LogP contribution in [0.15, 0.2) is 48.9 Å². The highest BCUT2D eigenvalue weighted by Gasteiger charge is 2.12. The fraction of sp³-hybridized carbons (Fsp3) is 0.143. The fourth-order valence-corrected chi connectivity index (χ4v) is 1.96. The first-order valence-electron chi connectivity index (χ1n) is 6.05. The molecule has 0 saturated heterocycles. The standard InChI is InChI=1S/C14H14N4O/c1-10(11-5-3-2-4-6-11)19-14-13-16-7-8-18(13)9-12(15)17-14/h2-10H,15H2,1H3. The van der Waals surface area contributed by atoms with Gasteiger partial charge in [0.2, 0.25) is 5.65 Å². The molecule has 0 aliphatic carbocycles. The lowest BCUT2D eigenvalue weighted by Gasteiger charge is -2.14. The van der Waals surface area contributed by atoms with Crippen LogP contribution in [0.25, 0.3) is 5.65 Å². The average Bonchev–Trinajstić information content (AvgIpc) is 2.88. The lowest BCUT2D eigenvalue weighted by molar-refractivity contribution is 0.219. The number of aromatic nitrogens is 3. The van der Waals surface area contributed by atoms with Crippen LogP contribution in [0.5, 0.6) is 5.88 Å². The number of hydrogen-bond acceptors (Lipinski definition) is 4. The molecule has 96 valence electrons. The monoisotopic (exact) mass is 254 g/mol. The van der Waals surface area contributed by atoms with Gasteiger partial charge in [-0.25, -0.2) is 4.98 Å². The van der Waals surface area contributed by atoms with Gasteiger partial charge in [0.25, 0.3) is 5.88 Å². The Morgan fingerprint density at radius 1 is 1.26 bits per heavy atom. The van der Waals surface area contributed by atoms with E-state index in [9.17, 15) is 0 Å². The summed E-state index contributed by atoms with van der Waals surface area (Å²) in [5.74, 6) is 0.849. The van der Waals surface area contributed by atoms with Crippen molar-refractivity contribution in [3.8, 4) is 5.88 Å². The minimum absolute atomic E-state index is 0.115. The summed E-state index contributed by atoms with van der Waals surface area (Å²) in [7, 11) is 0. The zero-order valence-electron chi connectivity index (χ0n) is 10.5. The Hall–Kier alpha value is -2.56. The van der Waals surface area contributed by atoms with E-state index in [1.165, 1.54) is 0 Å². The minimum Gasteiger partial charge on any atom is -0.467 e. The molecule has 2 heterocycles. The first kappa shape index (κ1) is 11.5. The quantitative estimate of drug-likeness (QED) is 0.779. The van der Waals surface area contributed by atoms with Gasteiger partial charge in [0, 0.05) is 12.4 Å². The van der Waals surface area contributed by atoms with E-state index in [1.807, 2.05) is 43.5 Å². The van der Waals surface area contributed by atoms with Crippen molar-refractivity contribution in [3.05, 3.63) is 54.5 Å². The highest BCUT2D eigenvalue weighted by molar-refractivity contribution is 5.52. The molecule has 1 aromatic carbocycles. The molecule has 3 aromatic rings. The zero-order valence-corrected chi connectivity index (χ0v) is 10.5. The van der Waals surface area contributed by atoms with Gasteiger partial charge in [0.1, 0.15) is 11.9 Å².